The molecule has 2 aliphatic rings. The molecular formula is C28H27ClN2O3. The van der Waals surface area contributed by atoms with Crippen molar-refractivity contribution in [1.29, 1.82) is 0 Å². The number of hydrogen-bond acceptors (Lipinski definition) is 4. The fourth-order valence-corrected chi connectivity index (χ4v) is 5.71. The van der Waals surface area contributed by atoms with Gasteiger partial charge in [-0.1, -0.05) is 41.9 Å². The van der Waals surface area contributed by atoms with Crippen LogP contribution in [0.15, 0.2) is 60.7 Å². The number of fused-ring (bicyclic) bond motifs is 6. The molecule has 0 saturated carbocycles. The lowest BCUT2D eigenvalue weighted by Crippen LogP contribution is -2.39. The Bertz CT molecular complexity index is 1360. The van der Waals surface area contributed by atoms with E-state index in [0.717, 1.165) is 53.5 Å². The third kappa shape index (κ3) is 3.56. The summed E-state index contributed by atoms with van der Waals surface area (Å²) in [6.45, 7) is 2.28. The van der Waals surface area contributed by atoms with E-state index in [9.17, 15) is 5.11 Å². The van der Waals surface area contributed by atoms with Crippen molar-refractivity contribution in [3.05, 3.63) is 93.6 Å². The van der Waals surface area contributed by atoms with Crippen molar-refractivity contribution < 1.29 is 14.6 Å². The predicted octanol–water partition coefficient (Wildman–Crippen LogP) is 5.49. The topological polar surface area (TPSA) is 46.9 Å². The van der Waals surface area contributed by atoms with Crippen LogP contribution in [0.25, 0.3) is 10.9 Å². The Kier molecular flexibility index (Phi) is 5.48. The smallest absolute Gasteiger partial charge is 0.162 e. The summed E-state index contributed by atoms with van der Waals surface area (Å²) in [4.78, 5) is 2.53. The highest BCUT2D eigenvalue weighted by Crippen LogP contribution is 2.44. The molecule has 0 aliphatic carbocycles. The minimum absolute atomic E-state index is 0.00479. The molecule has 174 valence electrons. The summed E-state index contributed by atoms with van der Waals surface area (Å²) >= 11 is 6.02. The third-order valence-electron chi connectivity index (χ3n) is 7.29. The Morgan fingerprint density at radius 3 is 2.68 bits per heavy atom. The van der Waals surface area contributed by atoms with E-state index in [2.05, 4.69) is 39.8 Å². The summed E-state index contributed by atoms with van der Waals surface area (Å²) < 4.78 is 14.0. The maximum absolute atomic E-state index is 10.1. The number of aromatic nitrogens is 1. The van der Waals surface area contributed by atoms with Gasteiger partial charge in [-0.3, -0.25) is 4.90 Å². The SMILES string of the molecule is COc1cc2c(cc1OCc1ccc(Cl)cc1)C1Cc3c(n(CO)c4ccccc34)CN1CC2. The van der Waals surface area contributed by atoms with Gasteiger partial charge in [-0.15, -0.1) is 0 Å². The average Bonchev–Trinajstić information content (AvgIpc) is 3.19. The van der Waals surface area contributed by atoms with Crippen LogP contribution < -0.4 is 9.47 Å². The number of methoxy groups -OCH3 is 1. The van der Waals surface area contributed by atoms with Gasteiger partial charge in [-0.2, -0.15) is 0 Å². The third-order valence-corrected chi connectivity index (χ3v) is 7.54. The van der Waals surface area contributed by atoms with Gasteiger partial charge in [0.2, 0.25) is 0 Å². The molecule has 0 amide bonds. The zero-order valence-electron chi connectivity index (χ0n) is 19.1. The number of rotatable bonds is 5. The highest BCUT2D eigenvalue weighted by Gasteiger charge is 2.35. The zero-order chi connectivity index (χ0) is 23.2. The highest BCUT2D eigenvalue weighted by atomic mass is 35.5. The van der Waals surface area contributed by atoms with Crippen LogP contribution >= 0.6 is 11.6 Å². The Hall–Kier alpha value is -2.99. The number of aliphatic hydroxyl groups excluding tert-OH is 1. The van der Waals surface area contributed by atoms with Crippen LogP contribution in [0.4, 0.5) is 0 Å². The van der Waals surface area contributed by atoms with Gasteiger partial charge < -0.3 is 19.1 Å². The maximum atomic E-state index is 10.1. The summed E-state index contributed by atoms with van der Waals surface area (Å²) in [5, 5.41) is 12.1. The lowest BCUT2D eigenvalue weighted by atomic mass is 9.85. The second kappa shape index (κ2) is 8.66. The van der Waals surface area contributed by atoms with Gasteiger partial charge in [0, 0.05) is 35.2 Å². The van der Waals surface area contributed by atoms with Crippen molar-refractivity contribution in [2.75, 3.05) is 13.7 Å². The fraction of sp³-hybridized carbons (Fsp3) is 0.286. The highest BCUT2D eigenvalue weighted by molar-refractivity contribution is 6.30. The van der Waals surface area contributed by atoms with Gasteiger partial charge >= 0.3 is 0 Å². The van der Waals surface area contributed by atoms with E-state index in [0.29, 0.717) is 6.61 Å². The maximum Gasteiger partial charge on any atom is 0.162 e. The molecule has 6 rings (SSSR count). The molecule has 2 aliphatic heterocycles. The van der Waals surface area contributed by atoms with Crippen LogP contribution in [0.1, 0.15) is 34.0 Å². The first-order valence-corrected chi connectivity index (χ1v) is 12.1. The molecule has 0 saturated heterocycles. The summed E-state index contributed by atoms with van der Waals surface area (Å²) in [5.41, 5.74) is 7.38. The molecule has 4 aromatic rings. The van der Waals surface area contributed by atoms with E-state index < -0.39 is 0 Å². The van der Waals surface area contributed by atoms with E-state index in [1.54, 1.807) is 7.11 Å². The molecule has 0 radical (unpaired) electrons. The van der Waals surface area contributed by atoms with Gasteiger partial charge in [0.1, 0.15) is 13.3 Å². The number of benzene rings is 3. The molecule has 3 aromatic carbocycles. The first-order chi connectivity index (χ1) is 16.7. The van der Waals surface area contributed by atoms with E-state index in [4.69, 9.17) is 21.1 Å². The van der Waals surface area contributed by atoms with Crippen LogP contribution in [0.5, 0.6) is 11.5 Å². The molecule has 5 nitrogen and oxygen atoms in total. The molecule has 0 bridgehead atoms. The van der Waals surface area contributed by atoms with Crippen LogP contribution in [-0.4, -0.2) is 28.2 Å². The molecular weight excluding hydrogens is 448 g/mol. The predicted molar refractivity (Wildman–Crippen MR) is 133 cm³/mol. The standard InChI is InChI=1S/C28H27ClN2O3/c1-33-27-12-19-10-11-30-15-26-23(21-4-2-3-5-24(21)31(26)17-32)13-25(30)22(19)14-28(27)34-16-18-6-8-20(29)9-7-18/h2-9,12,14,25,32H,10-11,13,15-17H2,1H3. The Balaban J connectivity index is 1.36. The van der Waals surface area contributed by atoms with Crippen molar-refractivity contribution >= 4 is 22.5 Å². The Morgan fingerprint density at radius 1 is 1.06 bits per heavy atom. The lowest BCUT2D eigenvalue weighted by molar-refractivity contribution is 0.145. The van der Waals surface area contributed by atoms with Gasteiger partial charge in [-0.25, -0.2) is 0 Å². The number of aliphatic hydroxyl groups is 1. The number of hydrogen-bond donors (Lipinski definition) is 1. The van der Waals surface area contributed by atoms with E-state index in [-0.39, 0.29) is 12.8 Å². The molecule has 1 N–H and O–H groups in total. The number of halogens is 1. The molecule has 3 heterocycles. The average molecular weight is 475 g/mol. The second-order valence-corrected chi connectivity index (χ2v) is 9.51. The summed E-state index contributed by atoms with van der Waals surface area (Å²) in [5.74, 6) is 1.54. The number of ether oxygens (including phenoxy) is 2. The zero-order valence-corrected chi connectivity index (χ0v) is 19.9. The van der Waals surface area contributed by atoms with Crippen molar-refractivity contribution in [3.63, 3.8) is 0 Å². The molecule has 6 heteroatoms. The normalized spacial score (nSPS) is 17.2. The van der Waals surface area contributed by atoms with Crippen LogP contribution in [0.3, 0.4) is 0 Å². The van der Waals surface area contributed by atoms with Crippen LogP contribution in [0.2, 0.25) is 5.02 Å². The Labute approximate surface area is 204 Å². The van der Waals surface area contributed by atoms with Gasteiger partial charge in [0.15, 0.2) is 11.5 Å². The van der Waals surface area contributed by atoms with Crippen molar-refractivity contribution in [1.82, 2.24) is 9.47 Å². The van der Waals surface area contributed by atoms with Crippen molar-refractivity contribution in [2.45, 2.75) is 38.8 Å². The fourth-order valence-electron chi connectivity index (χ4n) is 5.59. The minimum atomic E-state index is 0.00479. The Morgan fingerprint density at radius 2 is 1.88 bits per heavy atom. The van der Waals surface area contributed by atoms with Gasteiger partial charge in [-0.05, 0) is 65.4 Å². The molecule has 34 heavy (non-hydrogen) atoms. The summed E-state index contributed by atoms with van der Waals surface area (Å²) in [6, 6.07) is 20.7. The van der Waals surface area contributed by atoms with Crippen LogP contribution in [0, 0.1) is 0 Å². The monoisotopic (exact) mass is 474 g/mol. The number of para-hydroxylation sites is 1. The summed E-state index contributed by atoms with van der Waals surface area (Å²) in [7, 11) is 1.70. The van der Waals surface area contributed by atoms with E-state index >= 15 is 0 Å². The summed E-state index contributed by atoms with van der Waals surface area (Å²) in [6.07, 6.45) is 1.88. The second-order valence-electron chi connectivity index (χ2n) is 9.07. The molecule has 1 atom stereocenters. The van der Waals surface area contributed by atoms with Gasteiger partial charge in [0.25, 0.3) is 0 Å². The quantitative estimate of drug-likeness (QED) is 0.415. The molecule has 1 aromatic heterocycles. The first-order valence-electron chi connectivity index (χ1n) is 11.7. The van der Waals surface area contributed by atoms with Gasteiger partial charge in [0.05, 0.1) is 12.6 Å². The van der Waals surface area contributed by atoms with E-state index in [1.807, 2.05) is 30.3 Å². The van der Waals surface area contributed by atoms with E-state index in [1.165, 1.54) is 27.8 Å². The molecule has 0 fully saturated rings. The molecule has 0 spiro atoms. The van der Waals surface area contributed by atoms with Crippen molar-refractivity contribution in [3.8, 4) is 11.5 Å². The minimum Gasteiger partial charge on any atom is -0.493 e. The largest absolute Gasteiger partial charge is 0.493 e. The van der Waals surface area contributed by atoms with Crippen LogP contribution in [-0.2, 0) is 32.7 Å². The lowest BCUT2D eigenvalue weighted by Gasteiger charge is -2.41. The first kappa shape index (κ1) is 21.5. The molecule has 1 unspecified atom stereocenters. The van der Waals surface area contributed by atoms with Crippen molar-refractivity contribution in [2.24, 2.45) is 0 Å². The number of nitrogens with zero attached hydrogens (tertiary/aromatic N) is 2.